The quantitative estimate of drug-likeness (QED) is 0.164. The zero-order valence-corrected chi connectivity index (χ0v) is 44.1. The van der Waals surface area contributed by atoms with Gasteiger partial charge in [-0.1, -0.05) is 36.4 Å². The lowest BCUT2D eigenvalue weighted by Crippen LogP contribution is -2.52. The van der Waals surface area contributed by atoms with E-state index in [9.17, 15) is 24.0 Å². The van der Waals surface area contributed by atoms with Gasteiger partial charge in [0.15, 0.2) is 23.0 Å². The van der Waals surface area contributed by atoms with E-state index in [1.165, 1.54) is 24.3 Å². The number of para-hydroxylation sites is 4. The second-order valence-electron chi connectivity index (χ2n) is 20.9. The number of anilines is 4. The van der Waals surface area contributed by atoms with E-state index in [-0.39, 0.29) is 48.9 Å². The predicted octanol–water partition coefficient (Wildman–Crippen LogP) is 6.47. The molecule has 75 heavy (non-hydrogen) atoms. The van der Waals surface area contributed by atoms with E-state index in [0.717, 1.165) is 111 Å². The molecular weight excluding hydrogens is 957 g/mol. The van der Waals surface area contributed by atoms with Crippen LogP contribution in [-0.4, -0.2) is 154 Å². The van der Waals surface area contributed by atoms with Crippen molar-refractivity contribution in [2.45, 2.75) is 91.1 Å². The standard InChI is InChI=1S/C31H40N4O6.C26H32N4O4/c1-22(36)34-21-29(37)33(25-7-5-6-8-26(25)34)16-15-32-13-11-24(12-14-32)35(30(38)41-31(2,3)4)20-23-9-10-27-28(19-23)40-18-17-39-27;1-19(31)30-18-26(32)29(22-4-2-3-5-23(22)30)13-12-28-10-8-21(9-11-28)27-17-20-6-7-24-25(16-20)34-15-14-33-24/h5-10,19,24H,11-18,20-21H2,1-4H3;2-7,16,21,27H,8-15,17-18H2,1H3. The van der Waals surface area contributed by atoms with E-state index >= 15 is 0 Å². The van der Waals surface area contributed by atoms with Gasteiger partial charge in [-0.25, -0.2) is 4.79 Å². The number of ether oxygens (including phenoxy) is 5. The Kier molecular flexibility index (Phi) is 16.8. The molecule has 0 aliphatic carbocycles. The maximum Gasteiger partial charge on any atom is 0.410 e. The van der Waals surface area contributed by atoms with Crippen molar-refractivity contribution >= 4 is 52.5 Å². The third-order valence-corrected chi connectivity index (χ3v) is 14.5. The summed E-state index contributed by atoms with van der Waals surface area (Å²) in [6.07, 6.45) is 3.43. The van der Waals surface area contributed by atoms with Gasteiger partial charge < -0.3 is 63.3 Å². The Morgan fingerprint density at radius 3 is 1.51 bits per heavy atom. The lowest BCUT2D eigenvalue weighted by Gasteiger charge is -2.40. The molecule has 6 aliphatic rings. The third kappa shape index (κ3) is 13.1. The number of carbonyl (C=O) groups excluding carboxylic acids is 5. The SMILES string of the molecule is CC(=O)N1CC(=O)N(CCN2CCC(N(Cc3ccc4c(c3)OCCO4)C(=O)OC(C)(C)C)CC2)c2ccccc21.CC(=O)N1CC(=O)N(CCN2CCC(NCc3ccc4c(c3)OCCO4)CC2)c2ccccc21. The van der Waals surface area contributed by atoms with E-state index in [0.29, 0.717) is 64.4 Å². The first-order chi connectivity index (χ1) is 36.2. The molecule has 0 saturated carbocycles. The van der Waals surface area contributed by atoms with E-state index in [1.54, 1.807) is 9.80 Å². The summed E-state index contributed by atoms with van der Waals surface area (Å²) in [6.45, 7) is 18.6. The van der Waals surface area contributed by atoms with Crippen LogP contribution in [-0.2, 0) is 37.0 Å². The number of amides is 5. The number of hydrogen-bond donors (Lipinski definition) is 1. The molecule has 6 heterocycles. The van der Waals surface area contributed by atoms with Crippen LogP contribution in [0.2, 0.25) is 0 Å². The zero-order valence-electron chi connectivity index (χ0n) is 44.1. The number of fused-ring (bicyclic) bond motifs is 4. The summed E-state index contributed by atoms with van der Waals surface area (Å²) in [7, 11) is 0. The summed E-state index contributed by atoms with van der Waals surface area (Å²) < 4.78 is 28.5. The van der Waals surface area contributed by atoms with Crippen LogP contribution in [0.1, 0.15) is 71.4 Å². The highest BCUT2D eigenvalue weighted by molar-refractivity contribution is 6.11. The number of likely N-dealkylation sites (tertiary alicyclic amines) is 2. The molecule has 2 fully saturated rings. The Bertz CT molecular complexity index is 2700. The van der Waals surface area contributed by atoms with Gasteiger partial charge in [-0.2, -0.15) is 0 Å². The monoisotopic (exact) mass is 1030 g/mol. The van der Waals surface area contributed by atoms with Gasteiger partial charge in [0, 0.05) is 78.3 Å². The van der Waals surface area contributed by atoms with Gasteiger partial charge in [0.05, 0.1) is 22.7 Å². The topological polar surface area (TPSA) is 166 Å². The Morgan fingerprint density at radius 2 is 1.03 bits per heavy atom. The van der Waals surface area contributed by atoms with Gasteiger partial charge in [0.1, 0.15) is 45.1 Å². The number of hydrogen-bond acceptors (Lipinski definition) is 13. The van der Waals surface area contributed by atoms with E-state index < -0.39 is 5.60 Å². The van der Waals surface area contributed by atoms with Gasteiger partial charge in [-0.05, 0) is 119 Å². The van der Waals surface area contributed by atoms with Crippen LogP contribution < -0.4 is 43.9 Å². The maximum absolute atomic E-state index is 13.4. The van der Waals surface area contributed by atoms with Crippen LogP contribution >= 0.6 is 0 Å². The number of rotatable bonds is 12. The molecule has 4 aromatic rings. The molecule has 400 valence electrons. The number of benzene rings is 4. The van der Waals surface area contributed by atoms with Crippen molar-refractivity contribution in [2.24, 2.45) is 0 Å². The molecule has 1 N–H and O–H groups in total. The van der Waals surface area contributed by atoms with Crippen LogP contribution in [0.5, 0.6) is 23.0 Å². The zero-order chi connectivity index (χ0) is 52.6. The number of carbonyl (C=O) groups is 5. The van der Waals surface area contributed by atoms with Gasteiger partial charge in [-0.15, -0.1) is 0 Å². The number of piperidine rings is 2. The van der Waals surface area contributed by atoms with Crippen LogP contribution in [0.4, 0.5) is 27.5 Å². The Morgan fingerprint density at radius 1 is 0.587 bits per heavy atom. The van der Waals surface area contributed by atoms with Gasteiger partial charge in [-0.3, -0.25) is 19.2 Å². The van der Waals surface area contributed by atoms with Crippen molar-refractivity contribution in [3.05, 3.63) is 96.1 Å². The van der Waals surface area contributed by atoms with Crippen LogP contribution in [0.25, 0.3) is 0 Å². The molecule has 2 saturated heterocycles. The minimum atomic E-state index is -0.599. The molecule has 0 radical (unpaired) electrons. The second kappa shape index (κ2) is 23.8. The fraction of sp³-hybridized carbons (Fsp3) is 0.491. The molecule has 0 bridgehead atoms. The summed E-state index contributed by atoms with van der Waals surface area (Å²) >= 11 is 0. The molecule has 0 atom stereocenters. The average molecular weight is 1030 g/mol. The molecule has 0 spiro atoms. The first kappa shape index (κ1) is 53.0. The summed E-state index contributed by atoms with van der Waals surface area (Å²) in [6, 6.07) is 27.7. The Hall–Kier alpha value is -6.89. The summed E-state index contributed by atoms with van der Waals surface area (Å²) in [5.74, 6) is 2.74. The van der Waals surface area contributed by atoms with Crippen molar-refractivity contribution < 1.29 is 47.7 Å². The lowest BCUT2D eigenvalue weighted by molar-refractivity contribution is -0.121. The average Bonchev–Trinajstić information content (AvgIpc) is 3.41. The number of nitrogens with one attached hydrogen (secondary N) is 1. The fourth-order valence-corrected chi connectivity index (χ4v) is 10.6. The summed E-state index contributed by atoms with van der Waals surface area (Å²) in [5.41, 5.74) is 4.74. The normalized spacial score (nSPS) is 18.1. The molecule has 4 aromatic carbocycles. The van der Waals surface area contributed by atoms with Crippen molar-refractivity contribution in [3.8, 4) is 23.0 Å². The first-order valence-corrected chi connectivity index (χ1v) is 26.5. The van der Waals surface area contributed by atoms with E-state index in [1.807, 2.05) is 103 Å². The Labute approximate surface area is 440 Å². The van der Waals surface area contributed by atoms with Crippen LogP contribution in [0, 0.1) is 0 Å². The molecular formula is C57H72N8O10. The maximum atomic E-state index is 13.4. The largest absolute Gasteiger partial charge is 0.486 e. The van der Waals surface area contributed by atoms with Crippen molar-refractivity contribution in [1.29, 1.82) is 0 Å². The lowest BCUT2D eigenvalue weighted by atomic mass is 10.0. The van der Waals surface area contributed by atoms with E-state index in [2.05, 4.69) is 27.2 Å². The molecule has 6 aliphatic heterocycles. The minimum Gasteiger partial charge on any atom is -0.486 e. The van der Waals surface area contributed by atoms with Crippen molar-refractivity contribution in [1.82, 2.24) is 20.0 Å². The van der Waals surface area contributed by atoms with Gasteiger partial charge in [0.2, 0.25) is 23.6 Å². The molecule has 0 aromatic heterocycles. The van der Waals surface area contributed by atoms with Crippen LogP contribution in [0.15, 0.2) is 84.9 Å². The second-order valence-corrected chi connectivity index (χ2v) is 20.9. The van der Waals surface area contributed by atoms with Crippen molar-refractivity contribution in [2.75, 3.05) is 111 Å². The van der Waals surface area contributed by atoms with Gasteiger partial charge >= 0.3 is 6.09 Å². The minimum absolute atomic E-state index is 0.0233. The predicted molar refractivity (Wildman–Crippen MR) is 286 cm³/mol. The summed E-state index contributed by atoms with van der Waals surface area (Å²) in [4.78, 5) is 76.5. The highest BCUT2D eigenvalue weighted by Gasteiger charge is 2.35. The molecule has 10 rings (SSSR count). The highest BCUT2D eigenvalue weighted by atomic mass is 16.6. The molecule has 0 unspecified atom stereocenters. The number of nitrogens with zero attached hydrogens (tertiary/aromatic N) is 7. The molecule has 18 nitrogen and oxygen atoms in total. The molecule has 5 amide bonds. The van der Waals surface area contributed by atoms with Crippen molar-refractivity contribution in [3.63, 3.8) is 0 Å². The highest BCUT2D eigenvalue weighted by Crippen LogP contribution is 2.36. The molecule has 18 heteroatoms. The first-order valence-electron chi connectivity index (χ1n) is 26.5. The van der Waals surface area contributed by atoms with E-state index in [4.69, 9.17) is 23.7 Å². The fourth-order valence-electron chi connectivity index (χ4n) is 10.6. The Balaban J connectivity index is 0.000000187. The van der Waals surface area contributed by atoms with Gasteiger partial charge in [0.25, 0.3) is 0 Å². The van der Waals surface area contributed by atoms with Crippen LogP contribution in [0.3, 0.4) is 0 Å². The summed E-state index contributed by atoms with van der Waals surface area (Å²) in [5, 5.41) is 3.68. The third-order valence-electron chi connectivity index (χ3n) is 14.5. The smallest absolute Gasteiger partial charge is 0.410 e.